The van der Waals surface area contributed by atoms with Crippen molar-refractivity contribution in [3.05, 3.63) is 54.1 Å². The predicted octanol–water partition coefficient (Wildman–Crippen LogP) is 4.19. The lowest BCUT2D eigenvalue weighted by Gasteiger charge is -2.45. The van der Waals surface area contributed by atoms with Crippen LogP contribution in [0.5, 0.6) is 5.75 Å². The Kier molecular flexibility index (Phi) is 5.52. The van der Waals surface area contributed by atoms with Crippen LogP contribution >= 0.6 is 0 Å². The molecule has 0 aliphatic carbocycles. The SMILES string of the molecule is CN=[S@@]1(=O)C[C@@](C)(c2cc(Nc3ccnc4cc(OC)cnc34)ccc2F)NC(=N)C1(C)C. The van der Waals surface area contributed by atoms with Crippen LogP contribution in [0.2, 0.25) is 0 Å². The van der Waals surface area contributed by atoms with E-state index in [-0.39, 0.29) is 11.6 Å². The van der Waals surface area contributed by atoms with E-state index in [1.54, 1.807) is 64.5 Å². The van der Waals surface area contributed by atoms with Crippen LogP contribution < -0.4 is 15.4 Å². The molecule has 1 aliphatic rings. The van der Waals surface area contributed by atoms with Crippen molar-refractivity contribution < 1.29 is 13.3 Å². The molecule has 33 heavy (non-hydrogen) atoms. The molecule has 1 aromatic carbocycles. The van der Waals surface area contributed by atoms with Gasteiger partial charge in [0.05, 0.1) is 45.5 Å². The van der Waals surface area contributed by atoms with Crippen LogP contribution in [-0.2, 0) is 15.3 Å². The van der Waals surface area contributed by atoms with Gasteiger partial charge in [0.15, 0.2) is 0 Å². The van der Waals surface area contributed by atoms with Gasteiger partial charge in [-0.3, -0.25) is 10.4 Å². The molecule has 0 spiro atoms. The Morgan fingerprint density at radius 1 is 1.24 bits per heavy atom. The van der Waals surface area contributed by atoms with Crippen molar-refractivity contribution in [2.75, 3.05) is 25.2 Å². The molecule has 174 valence electrons. The second-order valence-corrected chi connectivity index (χ2v) is 11.7. The Labute approximate surface area is 192 Å². The highest BCUT2D eigenvalue weighted by atomic mass is 32.2. The summed E-state index contributed by atoms with van der Waals surface area (Å²) < 4.78 is 37.1. The van der Waals surface area contributed by atoms with Gasteiger partial charge >= 0.3 is 0 Å². The summed E-state index contributed by atoms with van der Waals surface area (Å²) in [6.45, 7) is 5.20. The zero-order valence-corrected chi connectivity index (χ0v) is 20.0. The molecule has 4 rings (SSSR count). The van der Waals surface area contributed by atoms with Crippen molar-refractivity contribution in [2.45, 2.75) is 31.1 Å². The van der Waals surface area contributed by atoms with E-state index in [9.17, 15) is 4.21 Å². The standard InChI is InChI=1S/C23H27FN6O2S/c1-22(2)21(25)30-23(3,13-33(22,31)26-4)16-10-14(6-7-17(16)24)29-18-8-9-27-19-11-15(32-5)12-28-20(18)19/h6-12H,13H2,1-5H3,(H2,25,30)(H,27,29)/t23-,33+/m0/s1. The second-order valence-electron chi connectivity index (χ2n) is 8.73. The lowest BCUT2D eigenvalue weighted by Crippen LogP contribution is -2.63. The highest BCUT2D eigenvalue weighted by Gasteiger charge is 2.49. The normalized spacial score (nSPS) is 24.2. The van der Waals surface area contributed by atoms with Crippen molar-refractivity contribution in [3.8, 4) is 5.75 Å². The first-order chi connectivity index (χ1) is 15.5. The van der Waals surface area contributed by atoms with E-state index in [0.717, 1.165) is 0 Å². The van der Waals surface area contributed by atoms with Crippen molar-refractivity contribution >= 4 is 38.0 Å². The number of fused-ring (bicyclic) bond motifs is 1. The molecule has 0 radical (unpaired) electrons. The number of anilines is 2. The average Bonchev–Trinajstić information content (AvgIpc) is 2.78. The van der Waals surface area contributed by atoms with E-state index >= 15 is 4.39 Å². The molecule has 0 amide bonds. The molecular weight excluding hydrogens is 443 g/mol. The van der Waals surface area contributed by atoms with Gasteiger partial charge in [-0.2, -0.15) is 0 Å². The summed E-state index contributed by atoms with van der Waals surface area (Å²) in [7, 11) is 0.245. The third-order valence-electron chi connectivity index (χ3n) is 6.21. The van der Waals surface area contributed by atoms with Crippen LogP contribution in [0.15, 0.2) is 47.1 Å². The molecular formula is C23H27FN6O2S. The van der Waals surface area contributed by atoms with Crippen molar-refractivity contribution in [1.82, 2.24) is 15.3 Å². The molecule has 8 nitrogen and oxygen atoms in total. The maximum Gasteiger partial charge on any atom is 0.139 e. The maximum absolute atomic E-state index is 15.1. The zero-order chi connectivity index (χ0) is 24.0. The minimum absolute atomic E-state index is 0.0721. The first-order valence-corrected chi connectivity index (χ1v) is 12.1. The first kappa shape index (κ1) is 22.9. The Morgan fingerprint density at radius 2 is 2.00 bits per heavy atom. The van der Waals surface area contributed by atoms with Crippen LogP contribution in [0.4, 0.5) is 15.8 Å². The number of methoxy groups -OCH3 is 1. The fourth-order valence-corrected chi connectivity index (χ4v) is 6.36. The van der Waals surface area contributed by atoms with E-state index in [1.807, 2.05) is 0 Å². The zero-order valence-electron chi connectivity index (χ0n) is 19.2. The van der Waals surface area contributed by atoms with Gasteiger partial charge in [-0.25, -0.2) is 17.9 Å². The van der Waals surface area contributed by atoms with Crippen LogP contribution in [0, 0.1) is 11.2 Å². The van der Waals surface area contributed by atoms with Gasteiger partial charge in [-0.05, 0) is 45.0 Å². The number of halogens is 1. The van der Waals surface area contributed by atoms with E-state index < -0.39 is 25.8 Å². The van der Waals surface area contributed by atoms with Gasteiger partial charge in [0.2, 0.25) is 0 Å². The van der Waals surface area contributed by atoms with E-state index in [0.29, 0.717) is 33.7 Å². The van der Waals surface area contributed by atoms with E-state index in [4.69, 9.17) is 10.1 Å². The number of hydrogen-bond donors (Lipinski definition) is 3. The second kappa shape index (κ2) is 7.95. The molecule has 10 heteroatoms. The number of nitrogens with one attached hydrogen (secondary N) is 3. The molecule has 0 saturated carbocycles. The van der Waals surface area contributed by atoms with Gasteiger partial charge in [-0.15, -0.1) is 0 Å². The molecule has 3 aromatic rings. The van der Waals surface area contributed by atoms with Gasteiger partial charge in [-0.1, -0.05) is 0 Å². The van der Waals surface area contributed by atoms with Crippen LogP contribution in [0.25, 0.3) is 11.0 Å². The average molecular weight is 471 g/mol. The summed E-state index contributed by atoms with van der Waals surface area (Å²) in [6.07, 6.45) is 3.26. The molecule has 0 unspecified atom stereocenters. The van der Waals surface area contributed by atoms with Crippen molar-refractivity contribution in [3.63, 3.8) is 0 Å². The highest BCUT2D eigenvalue weighted by molar-refractivity contribution is 7.95. The molecule has 1 fully saturated rings. The van der Waals surface area contributed by atoms with Crippen LogP contribution in [0.1, 0.15) is 26.3 Å². The Hall–Kier alpha value is -3.27. The van der Waals surface area contributed by atoms with Crippen molar-refractivity contribution in [1.29, 1.82) is 5.41 Å². The Morgan fingerprint density at radius 3 is 2.70 bits per heavy atom. The summed E-state index contributed by atoms with van der Waals surface area (Å²) in [5.41, 5.74) is 1.85. The van der Waals surface area contributed by atoms with E-state index in [1.165, 1.54) is 13.1 Å². The Balaban J connectivity index is 1.75. The topological polar surface area (TPSA) is 112 Å². The number of ether oxygens (including phenoxy) is 1. The minimum atomic E-state index is -2.81. The fourth-order valence-electron chi connectivity index (χ4n) is 4.04. The smallest absolute Gasteiger partial charge is 0.139 e. The molecule has 3 heterocycles. The number of benzene rings is 1. The summed E-state index contributed by atoms with van der Waals surface area (Å²) >= 11 is 0. The predicted molar refractivity (Wildman–Crippen MR) is 129 cm³/mol. The lowest BCUT2D eigenvalue weighted by molar-refractivity contribution is 0.413. The minimum Gasteiger partial charge on any atom is -0.495 e. The lowest BCUT2D eigenvalue weighted by atomic mass is 9.91. The number of hydrogen-bond acceptors (Lipinski definition) is 7. The molecule has 1 saturated heterocycles. The number of amidine groups is 1. The van der Waals surface area contributed by atoms with Gasteiger partial charge in [0.1, 0.15) is 27.7 Å². The van der Waals surface area contributed by atoms with Crippen LogP contribution in [-0.4, -0.2) is 44.7 Å². The summed E-state index contributed by atoms with van der Waals surface area (Å²) in [6, 6.07) is 8.22. The summed E-state index contributed by atoms with van der Waals surface area (Å²) in [5, 5.41) is 14.9. The quantitative estimate of drug-likeness (QED) is 0.527. The van der Waals surface area contributed by atoms with E-state index in [2.05, 4.69) is 25.0 Å². The molecule has 3 N–H and O–H groups in total. The first-order valence-electron chi connectivity index (χ1n) is 10.4. The van der Waals surface area contributed by atoms with Crippen molar-refractivity contribution in [2.24, 2.45) is 4.36 Å². The number of pyridine rings is 2. The third-order valence-corrected chi connectivity index (χ3v) is 9.56. The summed E-state index contributed by atoms with van der Waals surface area (Å²) in [5.74, 6) is 0.292. The monoisotopic (exact) mass is 470 g/mol. The van der Waals surface area contributed by atoms with Gasteiger partial charge in [0.25, 0.3) is 0 Å². The number of aromatic nitrogens is 2. The molecule has 2 atom stereocenters. The fraction of sp³-hybridized carbons (Fsp3) is 0.348. The van der Waals surface area contributed by atoms with Crippen LogP contribution in [0.3, 0.4) is 0 Å². The van der Waals surface area contributed by atoms with Gasteiger partial charge in [0, 0.05) is 30.6 Å². The molecule has 1 aliphatic heterocycles. The summed E-state index contributed by atoms with van der Waals surface area (Å²) in [4.78, 5) is 8.77. The molecule has 0 bridgehead atoms. The highest BCUT2D eigenvalue weighted by Crippen LogP contribution is 2.37. The largest absolute Gasteiger partial charge is 0.495 e. The number of rotatable bonds is 4. The molecule has 2 aromatic heterocycles. The van der Waals surface area contributed by atoms with Gasteiger partial charge < -0.3 is 15.4 Å². The Bertz CT molecular complexity index is 1380. The number of nitrogens with zero attached hydrogens (tertiary/aromatic N) is 3. The third kappa shape index (κ3) is 3.78. The maximum atomic E-state index is 15.1.